The fraction of sp³-hybridized carbons (Fsp3) is 0.611. The van der Waals surface area contributed by atoms with Gasteiger partial charge in [-0.05, 0) is 25.1 Å². The van der Waals surface area contributed by atoms with Crippen molar-refractivity contribution >= 4 is 17.5 Å². The summed E-state index contributed by atoms with van der Waals surface area (Å²) in [6, 6.07) is 8.01. The lowest BCUT2D eigenvalue weighted by Gasteiger charge is -2.32. The predicted octanol–water partition coefficient (Wildman–Crippen LogP) is 2.29. The highest BCUT2D eigenvalue weighted by Gasteiger charge is 2.28. The van der Waals surface area contributed by atoms with Crippen LogP contribution in [-0.4, -0.2) is 73.5 Å². The molecule has 4 nitrogen and oxygen atoms in total. The van der Waals surface area contributed by atoms with Crippen molar-refractivity contribution < 1.29 is 4.79 Å². The van der Waals surface area contributed by atoms with Crippen molar-refractivity contribution in [2.45, 2.75) is 18.8 Å². The van der Waals surface area contributed by atoms with Crippen molar-refractivity contribution in [3.63, 3.8) is 0 Å². The number of likely N-dealkylation sites (tertiary alicyclic amines) is 1. The Labute approximate surface area is 144 Å². The van der Waals surface area contributed by atoms with Gasteiger partial charge in [-0.25, -0.2) is 0 Å². The molecule has 0 spiro atoms. The standard InChI is InChI=1S/C18H26ClN3O/c1-20-10-12-21(13-11-20)8-7-18(23)22-9-6-15(14-22)16-4-2-3-5-17(16)19/h2-5,15H,6-14H2,1H3/t15-/m1/s1. The van der Waals surface area contributed by atoms with Crippen LogP contribution in [0.15, 0.2) is 24.3 Å². The van der Waals surface area contributed by atoms with Crippen molar-refractivity contribution in [2.75, 3.05) is 52.9 Å². The van der Waals surface area contributed by atoms with Crippen LogP contribution in [0.2, 0.25) is 5.02 Å². The molecular weight excluding hydrogens is 310 g/mol. The summed E-state index contributed by atoms with van der Waals surface area (Å²) in [6.07, 6.45) is 1.66. The molecule has 0 aliphatic carbocycles. The molecular formula is C18H26ClN3O. The first kappa shape index (κ1) is 16.7. The summed E-state index contributed by atoms with van der Waals surface area (Å²) in [5, 5.41) is 0.823. The first-order chi connectivity index (χ1) is 11.1. The zero-order valence-corrected chi connectivity index (χ0v) is 14.6. The lowest BCUT2D eigenvalue weighted by molar-refractivity contribution is -0.130. The van der Waals surface area contributed by atoms with E-state index in [0.29, 0.717) is 18.2 Å². The van der Waals surface area contributed by atoms with Crippen LogP contribution in [0.5, 0.6) is 0 Å². The first-order valence-corrected chi connectivity index (χ1v) is 8.94. The number of carbonyl (C=O) groups is 1. The molecule has 2 saturated heterocycles. The molecule has 2 aliphatic rings. The number of likely N-dealkylation sites (N-methyl/N-ethyl adjacent to an activating group) is 1. The number of amides is 1. The van der Waals surface area contributed by atoms with Gasteiger partial charge in [-0.2, -0.15) is 0 Å². The van der Waals surface area contributed by atoms with E-state index in [0.717, 1.165) is 57.3 Å². The number of hydrogen-bond donors (Lipinski definition) is 0. The summed E-state index contributed by atoms with van der Waals surface area (Å²) < 4.78 is 0. The fourth-order valence-electron chi connectivity index (χ4n) is 3.53. The highest BCUT2D eigenvalue weighted by molar-refractivity contribution is 6.31. The smallest absolute Gasteiger partial charge is 0.223 e. The van der Waals surface area contributed by atoms with Gasteiger partial charge in [0.15, 0.2) is 0 Å². The molecule has 1 atom stereocenters. The summed E-state index contributed by atoms with van der Waals surface area (Å²) in [7, 11) is 2.15. The van der Waals surface area contributed by atoms with Gasteiger partial charge >= 0.3 is 0 Å². The van der Waals surface area contributed by atoms with Gasteiger partial charge in [0.05, 0.1) is 0 Å². The SMILES string of the molecule is CN1CCN(CCC(=O)N2CC[C@@H](c3ccccc3Cl)C2)CC1. The Morgan fingerprint density at radius 2 is 1.91 bits per heavy atom. The summed E-state index contributed by atoms with van der Waals surface area (Å²) in [6.45, 7) is 6.92. The summed E-state index contributed by atoms with van der Waals surface area (Å²) >= 11 is 6.29. The van der Waals surface area contributed by atoms with Crippen molar-refractivity contribution in [1.82, 2.24) is 14.7 Å². The fourth-order valence-corrected chi connectivity index (χ4v) is 3.82. The molecule has 2 heterocycles. The van der Waals surface area contributed by atoms with Crippen LogP contribution in [0.3, 0.4) is 0 Å². The average Bonchev–Trinajstić information content (AvgIpc) is 3.04. The molecule has 1 aromatic carbocycles. The summed E-state index contributed by atoms with van der Waals surface area (Å²) in [5.74, 6) is 0.676. The van der Waals surface area contributed by atoms with Crippen LogP contribution in [0.25, 0.3) is 0 Å². The van der Waals surface area contributed by atoms with Gasteiger partial charge < -0.3 is 14.7 Å². The number of hydrogen-bond acceptors (Lipinski definition) is 3. The number of benzene rings is 1. The third-order valence-corrected chi connectivity index (χ3v) is 5.47. The van der Waals surface area contributed by atoms with Crippen molar-refractivity contribution in [1.29, 1.82) is 0 Å². The molecule has 2 fully saturated rings. The van der Waals surface area contributed by atoms with E-state index in [1.807, 2.05) is 23.1 Å². The minimum Gasteiger partial charge on any atom is -0.342 e. The molecule has 1 aromatic rings. The van der Waals surface area contributed by atoms with Crippen LogP contribution in [0, 0.1) is 0 Å². The minimum atomic E-state index is 0.290. The average molecular weight is 336 g/mol. The van der Waals surface area contributed by atoms with Gasteiger partial charge in [-0.15, -0.1) is 0 Å². The molecule has 126 valence electrons. The second kappa shape index (κ2) is 7.65. The van der Waals surface area contributed by atoms with E-state index in [4.69, 9.17) is 11.6 Å². The van der Waals surface area contributed by atoms with Crippen molar-refractivity contribution in [2.24, 2.45) is 0 Å². The van der Waals surface area contributed by atoms with Gasteiger partial charge in [-0.3, -0.25) is 4.79 Å². The molecule has 0 N–H and O–H groups in total. The molecule has 2 aliphatic heterocycles. The Hall–Kier alpha value is -1.10. The zero-order chi connectivity index (χ0) is 16.2. The molecule has 0 saturated carbocycles. The van der Waals surface area contributed by atoms with Crippen LogP contribution in [0.4, 0.5) is 0 Å². The molecule has 23 heavy (non-hydrogen) atoms. The van der Waals surface area contributed by atoms with Crippen molar-refractivity contribution in [3.05, 3.63) is 34.9 Å². The predicted molar refractivity (Wildman–Crippen MR) is 93.9 cm³/mol. The zero-order valence-electron chi connectivity index (χ0n) is 13.9. The second-order valence-corrected chi connectivity index (χ2v) is 7.15. The molecule has 0 radical (unpaired) electrons. The largest absolute Gasteiger partial charge is 0.342 e. The van der Waals surface area contributed by atoms with Gasteiger partial charge in [0.25, 0.3) is 0 Å². The maximum atomic E-state index is 12.5. The van der Waals surface area contributed by atoms with E-state index >= 15 is 0 Å². The highest BCUT2D eigenvalue weighted by atomic mass is 35.5. The van der Waals surface area contributed by atoms with E-state index in [1.165, 1.54) is 5.56 Å². The Morgan fingerprint density at radius 1 is 1.17 bits per heavy atom. The summed E-state index contributed by atoms with van der Waals surface area (Å²) in [4.78, 5) is 19.2. The molecule has 0 unspecified atom stereocenters. The van der Waals surface area contributed by atoms with E-state index in [-0.39, 0.29) is 0 Å². The Kier molecular flexibility index (Phi) is 5.57. The maximum Gasteiger partial charge on any atom is 0.223 e. The monoisotopic (exact) mass is 335 g/mol. The Bertz CT molecular complexity index is 543. The maximum absolute atomic E-state index is 12.5. The van der Waals surface area contributed by atoms with Crippen molar-refractivity contribution in [3.8, 4) is 0 Å². The molecule has 0 bridgehead atoms. The Morgan fingerprint density at radius 3 is 2.65 bits per heavy atom. The number of carbonyl (C=O) groups excluding carboxylic acids is 1. The molecule has 3 rings (SSSR count). The lowest BCUT2D eigenvalue weighted by atomic mass is 9.98. The highest BCUT2D eigenvalue weighted by Crippen LogP contribution is 2.32. The van der Waals surface area contributed by atoms with E-state index in [9.17, 15) is 4.79 Å². The van der Waals surface area contributed by atoms with Gasteiger partial charge in [0, 0.05) is 63.2 Å². The van der Waals surface area contributed by atoms with E-state index in [1.54, 1.807) is 0 Å². The van der Waals surface area contributed by atoms with Crippen LogP contribution in [0.1, 0.15) is 24.3 Å². The first-order valence-electron chi connectivity index (χ1n) is 8.56. The Balaban J connectivity index is 1.47. The van der Waals surface area contributed by atoms with Gasteiger partial charge in [0.2, 0.25) is 5.91 Å². The topological polar surface area (TPSA) is 26.8 Å². The van der Waals surface area contributed by atoms with E-state index in [2.05, 4.69) is 22.9 Å². The third kappa shape index (κ3) is 4.25. The van der Waals surface area contributed by atoms with Crippen LogP contribution >= 0.6 is 11.6 Å². The number of rotatable bonds is 4. The molecule has 1 amide bonds. The quantitative estimate of drug-likeness (QED) is 0.844. The summed E-state index contributed by atoms with van der Waals surface area (Å²) in [5.41, 5.74) is 1.18. The molecule has 0 aromatic heterocycles. The van der Waals surface area contributed by atoms with Gasteiger partial charge in [0.1, 0.15) is 0 Å². The normalized spacial score (nSPS) is 23.4. The van der Waals surface area contributed by atoms with Crippen LogP contribution in [-0.2, 0) is 4.79 Å². The number of piperazine rings is 1. The van der Waals surface area contributed by atoms with E-state index < -0.39 is 0 Å². The lowest BCUT2D eigenvalue weighted by Crippen LogP contribution is -2.45. The molecule has 5 heteroatoms. The third-order valence-electron chi connectivity index (χ3n) is 5.12. The number of halogens is 1. The minimum absolute atomic E-state index is 0.290. The second-order valence-electron chi connectivity index (χ2n) is 6.74. The van der Waals surface area contributed by atoms with Gasteiger partial charge in [-0.1, -0.05) is 29.8 Å². The van der Waals surface area contributed by atoms with Crippen LogP contribution < -0.4 is 0 Å². The number of nitrogens with zero attached hydrogens (tertiary/aromatic N) is 3.